The van der Waals surface area contributed by atoms with E-state index in [0.29, 0.717) is 25.4 Å². The Hall–Kier alpha value is -2.73. The molecule has 0 bridgehead atoms. The van der Waals surface area contributed by atoms with Gasteiger partial charge in [0.25, 0.3) is 0 Å². The van der Waals surface area contributed by atoms with Crippen LogP contribution in [0.3, 0.4) is 0 Å². The molecule has 6 heteroatoms. The fraction of sp³-hybridized carbons (Fsp3) is 0.222. The van der Waals surface area contributed by atoms with E-state index in [2.05, 4.69) is 15.3 Å². The minimum atomic E-state index is -0.275. The highest BCUT2D eigenvalue weighted by molar-refractivity contribution is 5.75. The Morgan fingerprint density at radius 2 is 2.04 bits per heavy atom. The van der Waals surface area contributed by atoms with Crippen LogP contribution in [0.15, 0.2) is 42.6 Å². The van der Waals surface area contributed by atoms with Gasteiger partial charge in [-0.15, -0.1) is 0 Å². The van der Waals surface area contributed by atoms with E-state index >= 15 is 0 Å². The number of hydrogen-bond donors (Lipinski definition) is 1. The second kappa shape index (κ2) is 6.41. The first-order valence-electron chi connectivity index (χ1n) is 7.77. The zero-order chi connectivity index (χ0) is 16.4. The lowest BCUT2D eigenvalue weighted by atomic mass is 10.1. The molecule has 24 heavy (non-hydrogen) atoms. The van der Waals surface area contributed by atoms with E-state index in [0.717, 1.165) is 27.9 Å². The highest BCUT2D eigenvalue weighted by Crippen LogP contribution is 2.29. The average molecular weight is 325 g/mol. The Bertz CT molecular complexity index is 885. The Kier molecular flexibility index (Phi) is 3.96. The van der Waals surface area contributed by atoms with Crippen molar-refractivity contribution in [2.45, 2.75) is 13.0 Å². The summed E-state index contributed by atoms with van der Waals surface area (Å²) < 4.78 is 24.4. The summed E-state index contributed by atoms with van der Waals surface area (Å²) in [6, 6.07) is 10.7. The molecule has 1 aliphatic heterocycles. The molecule has 0 atom stereocenters. The third-order valence-corrected chi connectivity index (χ3v) is 3.90. The lowest BCUT2D eigenvalue weighted by molar-refractivity contribution is -0.0172. The molecule has 122 valence electrons. The third kappa shape index (κ3) is 3.00. The van der Waals surface area contributed by atoms with Crippen molar-refractivity contribution < 1.29 is 13.9 Å². The number of benzene rings is 2. The number of halogens is 1. The van der Waals surface area contributed by atoms with Gasteiger partial charge in [0.2, 0.25) is 0 Å². The monoisotopic (exact) mass is 325 g/mol. The van der Waals surface area contributed by atoms with Crippen LogP contribution in [0.5, 0.6) is 5.75 Å². The molecule has 1 aliphatic rings. The predicted octanol–water partition coefficient (Wildman–Crippen LogP) is 3.29. The first-order chi connectivity index (χ1) is 11.8. The van der Waals surface area contributed by atoms with Crippen molar-refractivity contribution in [2.24, 2.45) is 0 Å². The SMILES string of the molecule is Fc1cc(CCNc2cnc3ccccc3n2)c2c(c1)COCO2. The summed E-state index contributed by atoms with van der Waals surface area (Å²) in [6.45, 7) is 1.19. The van der Waals surface area contributed by atoms with Crippen LogP contribution >= 0.6 is 0 Å². The highest BCUT2D eigenvalue weighted by atomic mass is 19.1. The van der Waals surface area contributed by atoms with Crippen LogP contribution in [0.2, 0.25) is 0 Å². The molecule has 0 spiro atoms. The average Bonchev–Trinajstić information content (AvgIpc) is 2.61. The molecule has 0 aliphatic carbocycles. The number of nitrogens with zero attached hydrogens (tertiary/aromatic N) is 2. The Balaban J connectivity index is 1.48. The van der Waals surface area contributed by atoms with E-state index in [1.807, 2.05) is 24.3 Å². The molecule has 0 amide bonds. The van der Waals surface area contributed by atoms with E-state index in [1.165, 1.54) is 12.1 Å². The lowest BCUT2D eigenvalue weighted by Gasteiger charge is -2.21. The highest BCUT2D eigenvalue weighted by Gasteiger charge is 2.16. The maximum atomic E-state index is 13.7. The fourth-order valence-corrected chi connectivity index (χ4v) is 2.81. The van der Waals surface area contributed by atoms with Crippen molar-refractivity contribution in [3.05, 3.63) is 59.5 Å². The molecular weight excluding hydrogens is 309 g/mol. The van der Waals surface area contributed by atoms with E-state index in [1.54, 1.807) is 6.20 Å². The Morgan fingerprint density at radius 3 is 2.96 bits per heavy atom. The summed E-state index contributed by atoms with van der Waals surface area (Å²) in [6.07, 6.45) is 2.32. The first kappa shape index (κ1) is 14.8. The second-order valence-corrected chi connectivity index (χ2v) is 5.58. The molecule has 4 rings (SSSR count). The largest absolute Gasteiger partial charge is 0.467 e. The van der Waals surface area contributed by atoms with Gasteiger partial charge >= 0.3 is 0 Å². The number of nitrogens with one attached hydrogen (secondary N) is 1. The van der Waals surface area contributed by atoms with E-state index in [4.69, 9.17) is 9.47 Å². The van der Waals surface area contributed by atoms with Crippen molar-refractivity contribution in [3.8, 4) is 5.75 Å². The fourth-order valence-electron chi connectivity index (χ4n) is 2.81. The van der Waals surface area contributed by atoms with Gasteiger partial charge in [0.05, 0.1) is 23.8 Å². The van der Waals surface area contributed by atoms with E-state index < -0.39 is 0 Å². The standard InChI is InChI=1S/C18H16FN3O2/c19-14-7-12(18-13(8-14)10-23-11-24-18)5-6-20-17-9-21-15-3-1-2-4-16(15)22-17/h1-4,7-9H,5-6,10-11H2,(H,20,22). The predicted molar refractivity (Wildman–Crippen MR) is 88.4 cm³/mol. The lowest BCUT2D eigenvalue weighted by Crippen LogP contribution is -2.15. The Morgan fingerprint density at radius 1 is 1.17 bits per heavy atom. The van der Waals surface area contributed by atoms with Crippen LogP contribution in [0.25, 0.3) is 11.0 Å². The third-order valence-electron chi connectivity index (χ3n) is 3.90. The minimum absolute atomic E-state index is 0.204. The van der Waals surface area contributed by atoms with Gasteiger partial charge in [-0.05, 0) is 36.2 Å². The van der Waals surface area contributed by atoms with Gasteiger partial charge < -0.3 is 14.8 Å². The molecule has 0 fully saturated rings. The number of fused-ring (bicyclic) bond motifs is 2. The van der Waals surface area contributed by atoms with Gasteiger partial charge in [0.15, 0.2) is 6.79 Å². The molecule has 0 radical (unpaired) electrons. The van der Waals surface area contributed by atoms with Crippen LogP contribution in [-0.2, 0) is 17.8 Å². The normalized spacial score (nSPS) is 13.4. The number of rotatable bonds is 4. The molecule has 1 N–H and O–H groups in total. The van der Waals surface area contributed by atoms with Gasteiger partial charge in [-0.2, -0.15) is 0 Å². The first-order valence-corrected chi connectivity index (χ1v) is 7.77. The van der Waals surface area contributed by atoms with Crippen molar-refractivity contribution in [1.29, 1.82) is 0 Å². The number of hydrogen-bond acceptors (Lipinski definition) is 5. The number of para-hydroxylation sites is 2. The maximum Gasteiger partial charge on any atom is 0.189 e. The smallest absolute Gasteiger partial charge is 0.189 e. The van der Waals surface area contributed by atoms with Gasteiger partial charge in [-0.1, -0.05) is 12.1 Å². The van der Waals surface area contributed by atoms with Crippen molar-refractivity contribution in [3.63, 3.8) is 0 Å². The molecule has 1 aromatic heterocycles. The van der Waals surface area contributed by atoms with Crippen LogP contribution in [0.4, 0.5) is 10.2 Å². The van der Waals surface area contributed by atoms with Gasteiger partial charge in [0.1, 0.15) is 17.4 Å². The molecule has 0 unspecified atom stereocenters. The second-order valence-electron chi connectivity index (χ2n) is 5.58. The summed E-state index contributed by atoms with van der Waals surface area (Å²) in [4.78, 5) is 8.88. The summed E-state index contributed by atoms with van der Waals surface area (Å²) in [7, 11) is 0. The molecule has 2 heterocycles. The van der Waals surface area contributed by atoms with Crippen molar-refractivity contribution in [2.75, 3.05) is 18.7 Å². The van der Waals surface area contributed by atoms with Crippen molar-refractivity contribution in [1.82, 2.24) is 9.97 Å². The maximum absolute atomic E-state index is 13.7. The minimum Gasteiger partial charge on any atom is -0.467 e. The topological polar surface area (TPSA) is 56.3 Å². The van der Waals surface area contributed by atoms with Crippen LogP contribution in [0.1, 0.15) is 11.1 Å². The van der Waals surface area contributed by atoms with Crippen LogP contribution in [-0.4, -0.2) is 23.3 Å². The molecule has 0 saturated carbocycles. The van der Waals surface area contributed by atoms with Crippen LogP contribution < -0.4 is 10.1 Å². The van der Waals surface area contributed by atoms with E-state index in [9.17, 15) is 4.39 Å². The number of ether oxygens (including phenoxy) is 2. The van der Waals surface area contributed by atoms with E-state index in [-0.39, 0.29) is 12.6 Å². The van der Waals surface area contributed by atoms with Gasteiger partial charge in [-0.25, -0.2) is 9.37 Å². The summed E-state index contributed by atoms with van der Waals surface area (Å²) >= 11 is 0. The summed E-state index contributed by atoms with van der Waals surface area (Å²) in [5.74, 6) is 1.15. The molecule has 5 nitrogen and oxygen atoms in total. The number of aromatic nitrogens is 2. The molecule has 0 saturated heterocycles. The van der Waals surface area contributed by atoms with Crippen molar-refractivity contribution >= 4 is 16.9 Å². The number of anilines is 1. The van der Waals surface area contributed by atoms with Gasteiger partial charge in [-0.3, -0.25) is 4.98 Å². The molecule has 3 aromatic rings. The summed E-state index contributed by atoms with van der Waals surface area (Å²) in [5, 5.41) is 3.23. The van der Waals surface area contributed by atoms with Crippen LogP contribution in [0, 0.1) is 5.82 Å². The summed E-state index contributed by atoms with van der Waals surface area (Å²) in [5.41, 5.74) is 3.28. The molecular formula is C18H16FN3O2. The zero-order valence-electron chi connectivity index (χ0n) is 13.0. The zero-order valence-corrected chi connectivity index (χ0v) is 13.0. The Labute approximate surface area is 138 Å². The quantitative estimate of drug-likeness (QED) is 0.798. The molecule has 2 aromatic carbocycles. The van der Waals surface area contributed by atoms with Gasteiger partial charge in [0, 0.05) is 12.1 Å².